The van der Waals surface area contributed by atoms with Crippen molar-refractivity contribution in [2.45, 2.75) is 12.8 Å². The lowest BCUT2D eigenvalue weighted by Crippen LogP contribution is -2.09. The number of carbonyl (C=O) groups is 1. The zero-order chi connectivity index (χ0) is 12.6. The average Bonchev–Trinajstić information content (AvgIpc) is 2.34. The van der Waals surface area contributed by atoms with Gasteiger partial charge in [0.25, 0.3) is 0 Å². The summed E-state index contributed by atoms with van der Waals surface area (Å²) in [6.07, 6.45) is 2.39. The normalized spacial score (nSPS) is 13.8. The first-order valence-corrected chi connectivity index (χ1v) is 5.10. The van der Waals surface area contributed by atoms with E-state index in [0.29, 0.717) is 29.5 Å². The summed E-state index contributed by atoms with van der Waals surface area (Å²) in [6, 6.07) is 1.31. The molecule has 1 aromatic rings. The lowest BCUT2D eigenvalue weighted by Gasteiger charge is -2.17. The van der Waals surface area contributed by atoms with Crippen molar-refractivity contribution in [1.82, 2.24) is 0 Å². The fourth-order valence-corrected chi connectivity index (χ4v) is 1.91. The maximum atomic E-state index is 11.3. The van der Waals surface area contributed by atoms with Crippen molar-refractivity contribution in [2.24, 2.45) is 0 Å². The standard InChI is InChI=1S/C12H12O5/c1-17-12(16)6-2-3-8-7(4-6)5-9(13)11(15)10(8)14/h4-5,13-15H,2-3H2,1H3. The van der Waals surface area contributed by atoms with Crippen LogP contribution >= 0.6 is 0 Å². The Hall–Kier alpha value is -2.17. The molecule has 0 fully saturated rings. The molecule has 0 unspecified atom stereocenters. The molecule has 0 saturated carbocycles. The number of phenolic OH excluding ortho intramolecular Hbond substituents is 3. The third-order valence-electron chi connectivity index (χ3n) is 2.82. The molecule has 0 amide bonds. The van der Waals surface area contributed by atoms with Crippen LogP contribution in [0, 0.1) is 0 Å². The highest BCUT2D eigenvalue weighted by molar-refractivity contribution is 5.95. The summed E-state index contributed by atoms with van der Waals surface area (Å²) in [5, 5.41) is 28.4. The number of rotatable bonds is 1. The van der Waals surface area contributed by atoms with Crippen molar-refractivity contribution < 1.29 is 24.9 Å². The van der Waals surface area contributed by atoms with E-state index in [1.165, 1.54) is 13.2 Å². The number of hydrogen-bond donors (Lipinski definition) is 3. The molecule has 1 aromatic carbocycles. The molecule has 0 spiro atoms. The number of phenols is 3. The lowest BCUT2D eigenvalue weighted by molar-refractivity contribution is -0.136. The predicted molar refractivity (Wildman–Crippen MR) is 59.8 cm³/mol. The van der Waals surface area contributed by atoms with Gasteiger partial charge in [-0.25, -0.2) is 4.79 Å². The molecule has 1 aliphatic rings. The van der Waals surface area contributed by atoms with Crippen LogP contribution in [0.3, 0.4) is 0 Å². The van der Waals surface area contributed by atoms with E-state index in [-0.39, 0.29) is 5.75 Å². The van der Waals surface area contributed by atoms with E-state index in [1.807, 2.05) is 0 Å². The zero-order valence-corrected chi connectivity index (χ0v) is 9.23. The molecule has 1 aliphatic carbocycles. The van der Waals surface area contributed by atoms with Crippen molar-refractivity contribution in [2.75, 3.05) is 7.11 Å². The van der Waals surface area contributed by atoms with Crippen LogP contribution in [-0.2, 0) is 16.0 Å². The average molecular weight is 236 g/mol. The van der Waals surface area contributed by atoms with Crippen LogP contribution in [0.15, 0.2) is 11.6 Å². The number of aromatic hydroxyl groups is 3. The van der Waals surface area contributed by atoms with Crippen LogP contribution in [0.5, 0.6) is 17.2 Å². The van der Waals surface area contributed by atoms with Crippen molar-refractivity contribution in [3.05, 3.63) is 22.8 Å². The summed E-state index contributed by atoms with van der Waals surface area (Å²) in [6.45, 7) is 0. The number of ether oxygens (including phenoxy) is 1. The van der Waals surface area contributed by atoms with Gasteiger partial charge in [0.05, 0.1) is 7.11 Å². The Bertz CT molecular complexity index is 516. The third kappa shape index (κ3) is 1.80. The first kappa shape index (κ1) is 11.3. The Morgan fingerprint density at radius 2 is 1.94 bits per heavy atom. The topological polar surface area (TPSA) is 87.0 Å². The van der Waals surface area contributed by atoms with Gasteiger partial charge in [0.2, 0.25) is 5.75 Å². The second kappa shape index (κ2) is 4.01. The molecule has 17 heavy (non-hydrogen) atoms. The molecule has 5 heteroatoms. The number of benzene rings is 1. The Kier molecular flexibility index (Phi) is 2.67. The van der Waals surface area contributed by atoms with Gasteiger partial charge in [0, 0.05) is 11.1 Å². The summed E-state index contributed by atoms with van der Waals surface area (Å²) in [7, 11) is 1.30. The summed E-state index contributed by atoms with van der Waals surface area (Å²) < 4.78 is 4.61. The van der Waals surface area contributed by atoms with E-state index in [0.717, 1.165) is 0 Å². The second-order valence-electron chi connectivity index (χ2n) is 3.82. The van der Waals surface area contributed by atoms with Gasteiger partial charge in [0.15, 0.2) is 11.5 Å². The fraction of sp³-hybridized carbons (Fsp3) is 0.250. The van der Waals surface area contributed by atoms with E-state index in [2.05, 4.69) is 4.74 Å². The SMILES string of the molecule is COC(=O)C1=Cc2cc(O)c(O)c(O)c2CC1. The third-order valence-corrected chi connectivity index (χ3v) is 2.82. The monoisotopic (exact) mass is 236 g/mol. The molecule has 0 radical (unpaired) electrons. The maximum absolute atomic E-state index is 11.3. The molecule has 0 aliphatic heterocycles. The molecule has 0 aromatic heterocycles. The molecule has 90 valence electrons. The molecular weight excluding hydrogens is 224 g/mol. The number of hydrogen-bond acceptors (Lipinski definition) is 5. The second-order valence-corrected chi connectivity index (χ2v) is 3.82. The fourth-order valence-electron chi connectivity index (χ4n) is 1.91. The predicted octanol–water partition coefficient (Wildman–Crippen LogP) is 1.31. The molecular formula is C12H12O5. The molecule has 3 N–H and O–H groups in total. The number of methoxy groups -OCH3 is 1. The smallest absolute Gasteiger partial charge is 0.333 e. The van der Waals surface area contributed by atoms with E-state index in [4.69, 9.17) is 0 Å². The van der Waals surface area contributed by atoms with Gasteiger partial charge >= 0.3 is 5.97 Å². The number of carbonyl (C=O) groups excluding carboxylic acids is 1. The summed E-state index contributed by atoms with van der Waals surface area (Å²) in [5.74, 6) is -1.70. The molecule has 0 heterocycles. The van der Waals surface area contributed by atoms with Crippen molar-refractivity contribution in [3.63, 3.8) is 0 Å². The highest BCUT2D eigenvalue weighted by Crippen LogP contribution is 2.42. The van der Waals surface area contributed by atoms with Crippen LogP contribution in [-0.4, -0.2) is 28.4 Å². The minimum absolute atomic E-state index is 0.333. The molecule has 0 saturated heterocycles. The Morgan fingerprint density at radius 3 is 2.59 bits per heavy atom. The van der Waals surface area contributed by atoms with Gasteiger partial charge in [-0.05, 0) is 30.5 Å². The molecule has 2 rings (SSSR count). The Morgan fingerprint density at radius 1 is 1.24 bits per heavy atom. The van der Waals surface area contributed by atoms with Gasteiger partial charge in [-0.2, -0.15) is 0 Å². The maximum Gasteiger partial charge on any atom is 0.333 e. The van der Waals surface area contributed by atoms with Crippen molar-refractivity contribution >= 4 is 12.0 Å². The van der Waals surface area contributed by atoms with Gasteiger partial charge in [0.1, 0.15) is 0 Å². The van der Waals surface area contributed by atoms with Crippen LogP contribution in [0.25, 0.3) is 6.08 Å². The highest BCUT2D eigenvalue weighted by Gasteiger charge is 2.22. The quantitative estimate of drug-likeness (QED) is 0.505. The first-order valence-electron chi connectivity index (χ1n) is 5.10. The van der Waals surface area contributed by atoms with E-state index < -0.39 is 17.5 Å². The number of esters is 1. The van der Waals surface area contributed by atoms with Crippen LogP contribution in [0.4, 0.5) is 0 Å². The minimum Gasteiger partial charge on any atom is -0.504 e. The largest absolute Gasteiger partial charge is 0.504 e. The van der Waals surface area contributed by atoms with Crippen molar-refractivity contribution in [3.8, 4) is 17.2 Å². The first-order chi connectivity index (χ1) is 8.04. The van der Waals surface area contributed by atoms with Gasteiger partial charge in [-0.15, -0.1) is 0 Å². The Labute approximate surface area is 97.6 Å². The van der Waals surface area contributed by atoms with Gasteiger partial charge in [-0.3, -0.25) is 0 Å². The van der Waals surface area contributed by atoms with E-state index in [1.54, 1.807) is 6.08 Å². The lowest BCUT2D eigenvalue weighted by atomic mass is 9.91. The minimum atomic E-state index is -0.529. The van der Waals surface area contributed by atoms with Crippen LogP contribution in [0.2, 0.25) is 0 Å². The highest BCUT2D eigenvalue weighted by atomic mass is 16.5. The zero-order valence-electron chi connectivity index (χ0n) is 9.23. The van der Waals surface area contributed by atoms with Gasteiger partial charge < -0.3 is 20.1 Å². The summed E-state index contributed by atoms with van der Waals surface area (Å²) >= 11 is 0. The Balaban J connectivity index is 2.53. The van der Waals surface area contributed by atoms with E-state index in [9.17, 15) is 20.1 Å². The summed E-state index contributed by atoms with van der Waals surface area (Å²) in [5.41, 5.74) is 1.52. The van der Waals surface area contributed by atoms with Crippen molar-refractivity contribution in [1.29, 1.82) is 0 Å². The molecule has 0 atom stereocenters. The van der Waals surface area contributed by atoms with Crippen LogP contribution < -0.4 is 0 Å². The van der Waals surface area contributed by atoms with E-state index >= 15 is 0 Å². The number of fused-ring (bicyclic) bond motifs is 1. The molecule has 5 nitrogen and oxygen atoms in total. The van der Waals surface area contributed by atoms with Gasteiger partial charge in [-0.1, -0.05) is 0 Å². The summed E-state index contributed by atoms with van der Waals surface area (Å²) in [4.78, 5) is 11.3. The van der Waals surface area contributed by atoms with Crippen LogP contribution in [0.1, 0.15) is 17.5 Å². The molecule has 0 bridgehead atoms.